The predicted molar refractivity (Wildman–Crippen MR) is 85.6 cm³/mol. The first kappa shape index (κ1) is 15.2. The summed E-state index contributed by atoms with van der Waals surface area (Å²) in [6.45, 7) is 2.82. The van der Waals surface area contributed by atoms with Crippen molar-refractivity contribution < 1.29 is 19.4 Å². The van der Waals surface area contributed by atoms with E-state index < -0.39 is 6.09 Å². The molecule has 1 fully saturated rings. The zero-order chi connectivity index (χ0) is 16.2. The number of carbonyl (C=O) groups excluding carboxylic acids is 1. The molecule has 2 aromatic carbocycles. The molecule has 0 atom stereocenters. The Labute approximate surface area is 133 Å². The number of aromatic hydroxyl groups is 1. The quantitative estimate of drug-likeness (QED) is 0.860. The lowest BCUT2D eigenvalue weighted by Gasteiger charge is -2.30. The number of morpholine rings is 1. The van der Waals surface area contributed by atoms with E-state index in [2.05, 4.69) is 19.9 Å². The van der Waals surface area contributed by atoms with Crippen LogP contribution in [0.4, 0.5) is 16.2 Å². The number of nitrogens with zero attached hydrogens (tertiary/aromatic N) is 3. The average Bonchev–Trinajstić information content (AvgIpc) is 2.60. The summed E-state index contributed by atoms with van der Waals surface area (Å²) in [5.74, 6) is -0.0298. The number of azo groups is 1. The van der Waals surface area contributed by atoms with E-state index in [-0.39, 0.29) is 11.4 Å². The molecule has 2 aromatic rings. The summed E-state index contributed by atoms with van der Waals surface area (Å²) in [5.41, 5.74) is 1.17. The van der Waals surface area contributed by atoms with E-state index in [1.807, 2.05) is 24.3 Å². The first-order valence-corrected chi connectivity index (χ1v) is 7.28. The fourth-order valence-electron chi connectivity index (χ4n) is 2.63. The van der Waals surface area contributed by atoms with Gasteiger partial charge in [0.2, 0.25) is 0 Å². The second-order valence-corrected chi connectivity index (χ2v) is 5.08. The number of anilines is 1. The van der Waals surface area contributed by atoms with Gasteiger partial charge in [-0.05, 0) is 0 Å². The summed E-state index contributed by atoms with van der Waals surface area (Å²) in [6.07, 6.45) is -0.814. The van der Waals surface area contributed by atoms with Gasteiger partial charge in [-0.25, -0.2) is 4.79 Å². The predicted octanol–water partition coefficient (Wildman–Crippen LogP) is 3.23. The monoisotopic (exact) mass is 315 g/mol. The molecule has 0 radical (unpaired) electrons. The van der Waals surface area contributed by atoms with E-state index in [1.165, 1.54) is 7.11 Å². The number of phenols is 1. The Bertz CT molecular complexity index is 754. The van der Waals surface area contributed by atoms with Crippen LogP contribution < -0.4 is 4.90 Å². The third kappa shape index (κ3) is 3.09. The Hall–Kier alpha value is -2.67. The maximum Gasteiger partial charge on any atom is 0.452 e. The molecule has 0 spiro atoms. The summed E-state index contributed by atoms with van der Waals surface area (Å²) in [5, 5.41) is 19.3. The van der Waals surface area contributed by atoms with Crippen LogP contribution in [0.3, 0.4) is 0 Å². The Morgan fingerprint density at radius 1 is 1.26 bits per heavy atom. The van der Waals surface area contributed by atoms with E-state index in [4.69, 9.17) is 4.74 Å². The van der Waals surface area contributed by atoms with Crippen molar-refractivity contribution in [3.05, 3.63) is 30.3 Å². The van der Waals surface area contributed by atoms with Crippen molar-refractivity contribution in [3.8, 4) is 5.75 Å². The number of rotatable bonds is 2. The Morgan fingerprint density at radius 2 is 1.96 bits per heavy atom. The van der Waals surface area contributed by atoms with E-state index in [0.29, 0.717) is 13.2 Å². The lowest BCUT2D eigenvalue weighted by Crippen LogP contribution is -2.36. The van der Waals surface area contributed by atoms with Crippen LogP contribution in [0.15, 0.2) is 40.6 Å². The average molecular weight is 315 g/mol. The number of methoxy groups -OCH3 is 1. The van der Waals surface area contributed by atoms with Gasteiger partial charge in [0.05, 0.1) is 20.3 Å². The summed E-state index contributed by atoms with van der Waals surface area (Å²) >= 11 is 0. The maximum absolute atomic E-state index is 11.2. The topological polar surface area (TPSA) is 83.7 Å². The number of amides is 1. The Morgan fingerprint density at radius 3 is 2.65 bits per heavy atom. The Balaban J connectivity index is 2.11. The third-order valence-corrected chi connectivity index (χ3v) is 3.73. The number of hydrogen-bond acceptors (Lipinski definition) is 6. The van der Waals surface area contributed by atoms with Crippen molar-refractivity contribution >= 4 is 28.2 Å². The summed E-state index contributed by atoms with van der Waals surface area (Å²) < 4.78 is 9.82. The smallest absolute Gasteiger partial charge is 0.452 e. The molecular weight excluding hydrogens is 298 g/mol. The molecule has 0 unspecified atom stereocenters. The molecule has 0 saturated carbocycles. The van der Waals surface area contributed by atoms with Gasteiger partial charge < -0.3 is 19.5 Å². The SMILES string of the molecule is COC(=O)N=Nc1c(O)cc(N2CCOCC2)c2ccccc12. The number of carbonyl (C=O) groups is 1. The number of hydrogen-bond donors (Lipinski definition) is 1. The molecule has 7 heteroatoms. The van der Waals surface area contributed by atoms with Crippen molar-refractivity contribution in [1.82, 2.24) is 0 Å². The molecule has 120 valence electrons. The van der Waals surface area contributed by atoms with Gasteiger partial charge >= 0.3 is 6.09 Å². The molecule has 1 amide bonds. The molecule has 1 aliphatic rings. The van der Waals surface area contributed by atoms with Crippen LogP contribution in [0.5, 0.6) is 5.75 Å². The first-order valence-electron chi connectivity index (χ1n) is 7.28. The lowest BCUT2D eigenvalue weighted by atomic mass is 10.0. The zero-order valence-corrected chi connectivity index (χ0v) is 12.7. The van der Waals surface area contributed by atoms with Gasteiger partial charge in [-0.1, -0.05) is 29.4 Å². The van der Waals surface area contributed by atoms with Crippen molar-refractivity contribution in [2.75, 3.05) is 38.3 Å². The van der Waals surface area contributed by atoms with E-state index in [0.717, 1.165) is 29.5 Å². The molecular formula is C16H17N3O4. The van der Waals surface area contributed by atoms with Crippen molar-refractivity contribution in [1.29, 1.82) is 0 Å². The highest BCUT2D eigenvalue weighted by atomic mass is 16.5. The minimum absolute atomic E-state index is 0.0298. The molecule has 7 nitrogen and oxygen atoms in total. The van der Waals surface area contributed by atoms with E-state index in [1.54, 1.807) is 6.07 Å². The highest BCUT2D eigenvalue weighted by Crippen LogP contribution is 2.41. The van der Waals surface area contributed by atoms with Gasteiger partial charge in [0.1, 0.15) is 11.4 Å². The summed E-state index contributed by atoms with van der Waals surface area (Å²) in [6, 6.07) is 9.22. The maximum atomic E-state index is 11.2. The third-order valence-electron chi connectivity index (χ3n) is 3.73. The van der Waals surface area contributed by atoms with Gasteiger partial charge in [0.25, 0.3) is 0 Å². The van der Waals surface area contributed by atoms with E-state index >= 15 is 0 Å². The van der Waals surface area contributed by atoms with Crippen molar-refractivity contribution in [2.24, 2.45) is 10.2 Å². The summed E-state index contributed by atoms with van der Waals surface area (Å²) in [4.78, 5) is 13.3. The molecule has 0 bridgehead atoms. The zero-order valence-electron chi connectivity index (χ0n) is 12.7. The van der Waals surface area contributed by atoms with Gasteiger partial charge in [-0.3, -0.25) is 0 Å². The second kappa shape index (κ2) is 6.62. The highest BCUT2D eigenvalue weighted by Gasteiger charge is 2.18. The van der Waals surface area contributed by atoms with Gasteiger partial charge in [-0.15, -0.1) is 5.11 Å². The number of benzene rings is 2. The van der Waals surface area contributed by atoms with E-state index in [9.17, 15) is 9.90 Å². The first-order chi connectivity index (χ1) is 11.2. The Kier molecular flexibility index (Phi) is 4.38. The largest absolute Gasteiger partial charge is 0.506 e. The van der Waals surface area contributed by atoms with Crippen molar-refractivity contribution in [2.45, 2.75) is 0 Å². The van der Waals surface area contributed by atoms with Gasteiger partial charge in [-0.2, -0.15) is 0 Å². The summed E-state index contributed by atoms with van der Waals surface area (Å²) in [7, 11) is 1.22. The van der Waals surface area contributed by atoms with Crippen LogP contribution in [-0.4, -0.2) is 44.6 Å². The highest BCUT2D eigenvalue weighted by molar-refractivity contribution is 6.03. The minimum Gasteiger partial charge on any atom is -0.506 e. The molecule has 23 heavy (non-hydrogen) atoms. The molecule has 1 saturated heterocycles. The minimum atomic E-state index is -0.814. The van der Waals surface area contributed by atoms with Crippen LogP contribution in [-0.2, 0) is 9.47 Å². The normalized spacial score (nSPS) is 15.3. The number of ether oxygens (including phenoxy) is 2. The fraction of sp³-hybridized carbons (Fsp3) is 0.312. The fourth-order valence-corrected chi connectivity index (χ4v) is 2.63. The lowest BCUT2D eigenvalue weighted by molar-refractivity contribution is 0.123. The van der Waals surface area contributed by atoms with Crippen LogP contribution in [0.25, 0.3) is 10.8 Å². The van der Waals surface area contributed by atoms with Gasteiger partial charge in [0.15, 0.2) is 0 Å². The second-order valence-electron chi connectivity index (χ2n) is 5.08. The molecule has 1 N–H and O–H groups in total. The van der Waals surface area contributed by atoms with Crippen LogP contribution in [0, 0.1) is 0 Å². The molecule has 0 aromatic heterocycles. The van der Waals surface area contributed by atoms with Crippen LogP contribution >= 0.6 is 0 Å². The molecule has 3 rings (SSSR count). The van der Waals surface area contributed by atoms with Gasteiger partial charge in [0, 0.05) is 35.6 Å². The molecule has 0 aliphatic carbocycles. The van der Waals surface area contributed by atoms with Crippen LogP contribution in [0.2, 0.25) is 0 Å². The van der Waals surface area contributed by atoms with Crippen molar-refractivity contribution in [3.63, 3.8) is 0 Å². The number of phenolic OH excluding ortho intramolecular Hbond substituents is 1. The molecule has 1 heterocycles. The number of fused-ring (bicyclic) bond motifs is 1. The molecule has 1 aliphatic heterocycles. The van der Waals surface area contributed by atoms with Crippen LogP contribution in [0.1, 0.15) is 0 Å². The standard InChI is InChI=1S/C16H17N3O4/c1-22-16(21)18-17-15-12-5-3-2-4-11(12)13(10-14(15)20)19-6-8-23-9-7-19/h2-5,10,20H,6-9H2,1H3.